The molecule has 1 heterocycles. The number of carbonyl (C=O) groups excluding carboxylic acids is 1. The Labute approximate surface area is 167 Å². The predicted octanol–water partition coefficient (Wildman–Crippen LogP) is 3.31. The summed E-state index contributed by atoms with van der Waals surface area (Å²) in [6.45, 7) is 16.1. The van der Waals surface area contributed by atoms with Crippen LogP contribution in [0.25, 0.3) is 0 Å². The van der Waals surface area contributed by atoms with Crippen LogP contribution in [0.5, 0.6) is 0 Å². The van der Waals surface area contributed by atoms with E-state index in [1.165, 1.54) is 11.6 Å². The van der Waals surface area contributed by atoms with E-state index >= 15 is 0 Å². The van der Waals surface area contributed by atoms with Crippen molar-refractivity contribution in [1.82, 2.24) is 25.5 Å². The Kier molecular flexibility index (Phi) is 5.97. The topological polar surface area (TPSA) is 84.7 Å². The Morgan fingerprint density at radius 3 is 2.21 bits per heavy atom. The first kappa shape index (κ1) is 21.6. The number of aryl methyl sites for hydroxylation is 1. The maximum absolute atomic E-state index is 11.9. The van der Waals surface area contributed by atoms with Gasteiger partial charge in [0.1, 0.15) is 0 Å². The fraction of sp³-hybridized carbons (Fsp3) is 0.524. The second kappa shape index (κ2) is 7.73. The summed E-state index contributed by atoms with van der Waals surface area (Å²) in [4.78, 5) is 11.9. The van der Waals surface area contributed by atoms with Crippen LogP contribution < -0.4 is 10.6 Å². The summed E-state index contributed by atoms with van der Waals surface area (Å²) in [5.74, 6) is 0.478. The number of benzene rings is 1. The molecule has 1 atom stereocenters. The lowest BCUT2D eigenvalue weighted by molar-refractivity contribution is -0.118. The average molecular weight is 385 g/mol. The number of aromatic nitrogens is 4. The van der Waals surface area contributed by atoms with Crippen molar-refractivity contribution in [2.75, 3.05) is 5.32 Å². The van der Waals surface area contributed by atoms with Gasteiger partial charge < -0.3 is 10.6 Å². The number of nitrogens with one attached hydrogen (secondary N) is 2. The van der Waals surface area contributed by atoms with Gasteiger partial charge in [0.15, 0.2) is 5.82 Å². The highest BCUT2D eigenvalue weighted by Gasteiger charge is 2.38. The van der Waals surface area contributed by atoms with Crippen molar-refractivity contribution in [2.45, 2.75) is 64.5 Å². The summed E-state index contributed by atoms with van der Waals surface area (Å²) in [6, 6.07) is 8.39. The molecule has 2 aromatic rings. The van der Waals surface area contributed by atoms with Crippen LogP contribution in [-0.4, -0.2) is 31.7 Å². The molecule has 7 heteroatoms. The molecule has 1 unspecified atom stereocenters. The van der Waals surface area contributed by atoms with E-state index in [1.54, 1.807) is 4.68 Å². The summed E-state index contributed by atoms with van der Waals surface area (Å²) in [5, 5.41) is 18.6. The number of hydrogen-bond donors (Lipinski definition) is 2. The lowest BCUT2D eigenvalue weighted by Gasteiger charge is -2.38. The minimum absolute atomic E-state index is 0.0896. The summed E-state index contributed by atoms with van der Waals surface area (Å²) >= 11 is 0. The van der Waals surface area contributed by atoms with E-state index in [0.717, 1.165) is 5.69 Å². The van der Waals surface area contributed by atoms with Crippen LogP contribution in [0, 0.1) is 0 Å². The number of amides is 1. The molecule has 1 aromatic carbocycles. The molecule has 0 aliphatic rings. The number of rotatable bonds is 7. The van der Waals surface area contributed by atoms with Crippen molar-refractivity contribution >= 4 is 11.6 Å². The summed E-state index contributed by atoms with van der Waals surface area (Å²) < 4.78 is 1.65. The number of tetrazole rings is 1. The molecular weight excluding hydrogens is 352 g/mol. The first-order valence-corrected chi connectivity index (χ1v) is 9.42. The van der Waals surface area contributed by atoms with E-state index in [2.05, 4.69) is 77.8 Å². The van der Waals surface area contributed by atoms with Crippen LogP contribution in [0.2, 0.25) is 0 Å². The van der Waals surface area contributed by atoms with Crippen LogP contribution in [0.1, 0.15) is 59.4 Å². The molecule has 0 bridgehead atoms. The second-order valence-corrected chi connectivity index (χ2v) is 9.16. The van der Waals surface area contributed by atoms with Gasteiger partial charge in [-0.25, -0.2) is 4.68 Å². The fourth-order valence-electron chi connectivity index (χ4n) is 3.56. The summed E-state index contributed by atoms with van der Waals surface area (Å²) in [7, 11) is 1.81. The lowest BCUT2D eigenvalue weighted by Crippen LogP contribution is -2.50. The number of anilines is 1. The van der Waals surface area contributed by atoms with Crippen molar-refractivity contribution in [3.05, 3.63) is 48.3 Å². The normalized spacial score (nSPS) is 14.2. The van der Waals surface area contributed by atoms with E-state index < -0.39 is 11.1 Å². The second-order valence-electron chi connectivity index (χ2n) is 9.16. The van der Waals surface area contributed by atoms with E-state index in [0.29, 0.717) is 12.2 Å². The first-order chi connectivity index (χ1) is 12.9. The third-order valence-corrected chi connectivity index (χ3v) is 4.73. The molecule has 1 aromatic heterocycles. The molecule has 0 spiro atoms. The van der Waals surface area contributed by atoms with Crippen molar-refractivity contribution < 1.29 is 4.79 Å². The minimum Gasteiger partial charge on any atom is -0.373 e. The fourth-order valence-corrected chi connectivity index (χ4v) is 3.56. The largest absolute Gasteiger partial charge is 0.373 e. The Bertz CT molecular complexity index is 831. The van der Waals surface area contributed by atoms with Gasteiger partial charge in [-0.2, -0.15) is 0 Å². The van der Waals surface area contributed by atoms with Gasteiger partial charge >= 0.3 is 0 Å². The number of hydrogen-bond acceptors (Lipinski definition) is 5. The molecule has 0 radical (unpaired) electrons. The molecule has 0 saturated carbocycles. The zero-order chi connectivity index (χ0) is 21.2. The number of carbonyl (C=O) groups is 1. The van der Waals surface area contributed by atoms with Crippen LogP contribution in [0.15, 0.2) is 36.9 Å². The minimum atomic E-state index is -0.612. The van der Waals surface area contributed by atoms with Crippen molar-refractivity contribution in [3.63, 3.8) is 0 Å². The van der Waals surface area contributed by atoms with Crippen molar-refractivity contribution in [1.29, 1.82) is 0 Å². The summed E-state index contributed by atoms with van der Waals surface area (Å²) in [5.41, 5.74) is 1.19. The molecule has 2 rings (SSSR count). The summed E-state index contributed by atoms with van der Waals surface area (Å²) in [6.07, 6.45) is 1.84. The zero-order valence-electron chi connectivity index (χ0n) is 18.0. The average Bonchev–Trinajstić information content (AvgIpc) is 3.00. The molecule has 2 N–H and O–H groups in total. The highest BCUT2D eigenvalue weighted by molar-refractivity contribution is 5.87. The molecule has 7 nitrogen and oxygen atoms in total. The molecule has 0 saturated heterocycles. The molecule has 0 fully saturated rings. The van der Waals surface area contributed by atoms with E-state index in [-0.39, 0.29) is 11.3 Å². The van der Waals surface area contributed by atoms with Crippen molar-refractivity contribution in [3.8, 4) is 0 Å². The number of nitrogens with zero attached hydrogens (tertiary/aromatic N) is 4. The molecule has 0 aliphatic heterocycles. The molecule has 1 amide bonds. The lowest BCUT2D eigenvalue weighted by atomic mass is 9.84. The van der Waals surface area contributed by atoms with Crippen LogP contribution in [0.3, 0.4) is 0 Å². The molecular formula is C21H32N6O. The van der Waals surface area contributed by atoms with E-state index in [1.807, 2.05) is 27.8 Å². The quantitative estimate of drug-likeness (QED) is 0.716. The smallest absolute Gasteiger partial charge is 0.243 e. The maximum Gasteiger partial charge on any atom is 0.243 e. The van der Waals surface area contributed by atoms with Gasteiger partial charge in [0, 0.05) is 24.7 Å². The monoisotopic (exact) mass is 384 g/mol. The van der Waals surface area contributed by atoms with Gasteiger partial charge in [0.05, 0.1) is 5.54 Å². The van der Waals surface area contributed by atoms with Gasteiger partial charge in [-0.15, -0.1) is 5.10 Å². The van der Waals surface area contributed by atoms with Crippen molar-refractivity contribution in [2.24, 2.45) is 7.05 Å². The highest BCUT2D eigenvalue weighted by Crippen LogP contribution is 2.33. The molecule has 0 aliphatic carbocycles. The highest BCUT2D eigenvalue weighted by atomic mass is 16.1. The Morgan fingerprint density at radius 1 is 1.14 bits per heavy atom. The molecule has 152 valence electrons. The Balaban J connectivity index is 2.36. The van der Waals surface area contributed by atoms with Gasteiger partial charge in [-0.3, -0.25) is 4.79 Å². The SMILES string of the molecule is C=CC(=O)NC(C)(C)CC(C)(Nc1ccc(C(C)(C)C)cc1)c1nnnn1C. The first-order valence-electron chi connectivity index (χ1n) is 9.42. The zero-order valence-corrected chi connectivity index (χ0v) is 18.0. The Hall–Kier alpha value is -2.70. The van der Waals surface area contributed by atoms with E-state index in [4.69, 9.17) is 0 Å². The molecule has 28 heavy (non-hydrogen) atoms. The van der Waals surface area contributed by atoms with Gasteiger partial charge in [0.2, 0.25) is 5.91 Å². The Morgan fingerprint density at radius 2 is 1.75 bits per heavy atom. The van der Waals surface area contributed by atoms with Crippen LogP contribution in [-0.2, 0) is 22.8 Å². The standard InChI is InChI=1S/C21H32N6O/c1-9-17(28)23-20(5,6)14-21(7,18-24-25-26-27(18)8)22-16-12-10-15(11-13-16)19(2,3)4/h9-13,22H,1,14H2,2-8H3,(H,23,28). The van der Waals surface area contributed by atoms with E-state index in [9.17, 15) is 4.79 Å². The van der Waals surface area contributed by atoms with Gasteiger partial charge in [0.25, 0.3) is 0 Å². The maximum atomic E-state index is 11.9. The third-order valence-electron chi connectivity index (χ3n) is 4.73. The van der Waals surface area contributed by atoms with Gasteiger partial charge in [-0.05, 0) is 60.4 Å². The third kappa shape index (κ3) is 5.18. The van der Waals surface area contributed by atoms with Gasteiger partial charge in [-0.1, -0.05) is 39.5 Å². The van der Waals surface area contributed by atoms with Crippen LogP contribution >= 0.6 is 0 Å². The van der Waals surface area contributed by atoms with Crippen LogP contribution in [0.4, 0.5) is 5.69 Å². The predicted molar refractivity (Wildman–Crippen MR) is 112 cm³/mol.